The fraction of sp³-hybridized carbons (Fsp3) is 0. The molecule has 58 valence electrons. The van der Waals surface area contributed by atoms with Crippen LogP contribution < -0.4 is 0 Å². The molecule has 0 aliphatic carbocycles. The van der Waals surface area contributed by atoms with E-state index in [0.29, 0.717) is 0 Å². The smallest absolute Gasteiger partial charge is 0.143 e. The van der Waals surface area contributed by atoms with Crippen LogP contribution in [-0.4, -0.2) is 25.1 Å². The number of hydrogen-bond acceptors (Lipinski definition) is 3. The molecule has 2 N–H and O–H groups in total. The molecule has 0 bridgehead atoms. The van der Waals surface area contributed by atoms with Gasteiger partial charge in [-0.05, 0) is 0 Å². The molecule has 3 aromatic rings. The number of rotatable bonds is 0. The average molecular weight is 159 g/mol. The Morgan fingerprint density at radius 3 is 3.17 bits per heavy atom. The zero-order chi connectivity index (χ0) is 7.97. The number of nitrogens with one attached hydrogen (secondary N) is 2. The molecule has 3 rings (SSSR count). The van der Waals surface area contributed by atoms with Crippen LogP contribution in [0.4, 0.5) is 0 Å². The van der Waals surface area contributed by atoms with Gasteiger partial charge in [-0.2, -0.15) is 5.10 Å². The second kappa shape index (κ2) is 1.82. The predicted molar refractivity (Wildman–Crippen MR) is 43.5 cm³/mol. The first-order valence-electron chi connectivity index (χ1n) is 3.56. The van der Waals surface area contributed by atoms with Crippen LogP contribution in [0.3, 0.4) is 0 Å². The van der Waals surface area contributed by atoms with E-state index >= 15 is 0 Å². The summed E-state index contributed by atoms with van der Waals surface area (Å²) in [6.07, 6.45) is 5.05. The van der Waals surface area contributed by atoms with Crippen LogP contribution in [0.2, 0.25) is 0 Å². The first-order chi connectivity index (χ1) is 5.95. The lowest BCUT2D eigenvalue weighted by molar-refractivity contribution is 1.10. The van der Waals surface area contributed by atoms with E-state index in [-0.39, 0.29) is 0 Å². The van der Waals surface area contributed by atoms with Gasteiger partial charge in [0.25, 0.3) is 0 Å². The Bertz CT molecular complexity index is 534. The van der Waals surface area contributed by atoms with E-state index < -0.39 is 0 Å². The summed E-state index contributed by atoms with van der Waals surface area (Å²) < 4.78 is 0. The van der Waals surface area contributed by atoms with E-state index in [1.165, 1.54) is 6.33 Å². The maximum Gasteiger partial charge on any atom is 0.143 e. The van der Waals surface area contributed by atoms with Crippen LogP contribution in [0, 0.1) is 0 Å². The molecule has 0 fully saturated rings. The minimum atomic E-state index is 0.841. The summed E-state index contributed by atoms with van der Waals surface area (Å²) in [5.74, 6) is 0. The predicted octanol–water partition coefficient (Wildman–Crippen LogP) is 0.834. The standard InChI is InChI=1S/C7H5N5/c1-4-5-2-10-12-7(5)11-6(4)9-3-8-1/h1-3H,(H2,8,9,10,11,12). The lowest BCUT2D eigenvalue weighted by Crippen LogP contribution is -1.77. The van der Waals surface area contributed by atoms with Crippen molar-refractivity contribution in [1.82, 2.24) is 25.1 Å². The van der Waals surface area contributed by atoms with Gasteiger partial charge in [0.2, 0.25) is 0 Å². The summed E-state index contributed by atoms with van der Waals surface area (Å²) in [6, 6.07) is 0. The number of aromatic amines is 2. The molecule has 0 amide bonds. The zero-order valence-electron chi connectivity index (χ0n) is 6.07. The Labute approximate surface area is 66.8 Å². The van der Waals surface area contributed by atoms with Crippen molar-refractivity contribution in [1.29, 1.82) is 0 Å². The van der Waals surface area contributed by atoms with Crippen molar-refractivity contribution in [3.05, 3.63) is 18.7 Å². The minimum absolute atomic E-state index is 0.841. The first-order valence-corrected chi connectivity index (χ1v) is 3.56. The summed E-state index contributed by atoms with van der Waals surface area (Å²) >= 11 is 0. The molecule has 0 saturated carbocycles. The van der Waals surface area contributed by atoms with Crippen LogP contribution >= 0.6 is 0 Å². The maximum atomic E-state index is 4.08. The summed E-state index contributed by atoms with van der Waals surface area (Å²) in [5, 5.41) is 8.77. The Morgan fingerprint density at radius 2 is 2.17 bits per heavy atom. The van der Waals surface area contributed by atoms with Crippen molar-refractivity contribution >= 4 is 22.1 Å². The molecular formula is C7H5N5. The molecule has 0 atom stereocenters. The molecule has 0 saturated heterocycles. The summed E-state index contributed by atoms with van der Waals surface area (Å²) in [7, 11) is 0. The Balaban J connectivity index is 2.68. The molecule has 5 heteroatoms. The second-order valence-electron chi connectivity index (χ2n) is 2.57. The third-order valence-corrected chi connectivity index (χ3v) is 1.89. The first kappa shape index (κ1) is 5.70. The van der Waals surface area contributed by atoms with Crippen LogP contribution in [-0.2, 0) is 0 Å². The van der Waals surface area contributed by atoms with Gasteiger partial charge in [0.1, 0.15) is 17.6 Å². The molecule has 0 aliphatic heterocycles. The highest BCUT2D eigenvalue weighted by Gasteiger charge is 2.04. The normalized spacial score (nSPS) is 11.3. The molecule has 0 unspecified atom stereocenters. The van der Waals surface area contributed by atoms with Crippen molar-refractivity contribution in [2.45, 2.75) is 0 Å². The van der Waals surface area contributed by atoms with Gasteiger partial charge in [-0.1, -0.05) is 0 Å². The average Bonchev–Trinajstić information content (AvgIpc) is 2.62. The number of H-pyrrole nitrogens is 2. The molecule has 12 heavy (non-hydrogen) atoms. The van der Waals surface area contributed by atoms with Crippen LogP contribution in [0.1, 0.15) is 0 Å². The van der Waals surface area contributed by atoms with Gasteiger partial charge >= 0.3 is 0 Å². The minimum Gasteiger partial charge on any atom is -0.324 e. The fourth-order valence-corrected chi connectivity index (χ4v) is 1.33. The van der Waals surface area contributed by atoms with Gasteiger partial charge in [-0.25, -0.2) is 9.97 Å². The monoisotopic (exact) mass is 159 g/mol. The Morgan fingerprint density at radius 1 is 1.17 bits per heavy atom. The topological polar surface area (TPSA) is 70.2 Å². The van der Waals surface area contributed by atoms with Crippen molar-refractivity contribution in [3.8, 4) is 0 Å². The van der Waals surface area contributed by atoms with Gasteiger partial charge < -0.3 is 4.98 Å². The zero-order valence-corrected chi connectivity index (χ0v) is 6.07. The number of aromatic nitrogens is 5. The van der Waals surface area contributed by atoms with Crippen molar-refractivity contribution in [3.63, 3.8) is 0 Å². The maximum absolute atomic E-state index is 4.08. The highest BCUT2D eigenvalue weighted by atomic mass is 15.1. The van der Waals surface area contributed by atoms with Crippen LogP contribution in [0.25, 0.3) is 22.1 Å². The molecular weight excluding hydrogens is 154 g/mol. The molecule has 0 spiro atoms. The van der Waals surface area contributed by atoms with E-state index in [0.717, 1.165) is 22.1 Å². The van der Waals surface area contributed by atoms with Gasteiger partial charge in [-0.15, -0.1) is 0 Å². The molecule has 0 radical (unpaired) electrons. The van der Waals surface area contributed by atoms with Crippen LogP contribution in [0.15, 0.2) is 18.7 Å². The summed E-state index contributed by atoms with van der Waals surface area (Å²) in [4.78, 5) is 11.1. The van der Waals surface area contributed by atoms with Crippen LogP contribution in [0.5, 0.6) is 0 Å². The number of hydrogen-bond donors (Lipinski definition) is 2. The van der Waals surface area contributed by atoms with Gasteiger partial charge in [0.15, 0.2) is 0 Å². The third-order valence-electron chi connectivity index (χ3n) is 1.89. The SMILES string of the molecule is c1ncc2c(n1)[nH]c1[nH]ncc12. The Kier molecular flexibility index (Phi) is 0.864. The lowest BCUT2D eigenvalue weighted by atomic mass is 10.3. The van der Waals surface area contributed by atoms with Gasteiger partial charge in [0, 0.05) is 17.0 Å². The van der Waals surface area contributed by atoms with Crippen molar-refractivity contribution in [2.24, 2.45) is 0 Å². The lowest BCUT2D eigenvalue weighted by Gasteiger charge is -1.83. The summed E-state index contributed by atoms with van der Waals surface area (Å²) in [5.41, 5.74) is 1.74. The molecule has 0 aliphatic rings. The van der Waals surface area contributed by atoms with E-state index in [1.54, 1.807) is 12.4 Å². The molecule has 3 heterocycles. The highest BCUT2D eigenvalue weighted by Crippen LogP contribution is 2.19. The van der Waals surface area contributed by atoms with E-state index in [2.05, 4.69) is 25.1 Å². The fourth-order valence-electron chi connectivity index (χ4n) is 1.33. The molecule has 5 nitrogen and oxygen atoms in total. The molecule has 0 aromatic carbocycles. The number of fused-ring (bicyclic) bond motifs is 3. The van der Waals surface area contributed by atoms with Gasteiger partial charge in [-0.3, -0.25) is 5.10 Å². The largest absolute Gasteiger partial charge is 0.324 e. The highest BCUT2D eigenvalue weighted by molar-refractivity contribution is 6.03. The van der Waals surface area contributed by atoms with Crippen molar-refractivity contribution in [2.75, 3.05) is 0 Å². The quantitative estimate of drug-likeness (QED) is 0.510. The van der Waals surface area contributed by atoms with Crippen molar-refractivity contribution < 1.29 is 0 Å². The summed E-state index contributed by atoms with van der Waals surface area (Å²) in [6.45, 7) is 0. The van der Waals surface area contributed by atoms with Gasteiger partial charge in [0.05, 0.1) is 6.20 Å². The van der Waals surface area contributed by atoms with E-state index in [4.69, 9.17) is 0 Å². The molecule has 3 aromatic heterocycles. The number of nitrogens with zero attached hydrogens (tertiary/aromatic N) is 3. The second-order valence-corrected chi connectivity index (χ2v) is 2.57. The van der Waals surface area contributed by atoms with E-state index in [9.17, 15) is 0 Å². The van der Waals surface area contributed by atoms with E-state index in [1.807, 2.05) is 0 Å². The Hall–Kier alpha value is -1.91. The third kappa shape index (κ3) is 0.554.